The van der Waals surface area contributed by atoms with Crippen LogP contribution in [-0.4, -0.2) is 30.2 Å². The van der Waals surface area contributed by atoms with E-state index in [4.69, 9.17) is 10.5 Å². The Kier molecular flexibility index (Phi) is 5.08. The molecule has 1 atom stereocenters. The van der Waals surface area contributed by atoms with Crippen molar-refractivity contribution in [3.63, 3.8) is 0 Å². The van der Waals surface area contributed by atoms with Crippen LogP contribution in [0.1, 0.15) is 34.6 Å². The van der Waals surface area contributed by atoms with Crippen molar-refractivity contribution in [2.75, 3.05) is 6.61 Å². The van der Waals surface area contributed by atoms with E-state index in [0.717, 1.165) is 0 Å². The van der Waals surface area contributed by atoms with Crippen LogP contribution in [-0.2, 0) is 9.53 Å². The van der Waals surface area contributed by atoms with Gasteiger partial charge in [0, 0.05) is 6.04 Å². The fourth-order valence-corrected chi connectivity index (χ4v) is 0.948. The molecule has 1 unspecified atom stereocenters. The molecule has 3 N–H and O–H groups in total. The van der Waals surface area contributed by atoms with E-state index in [-0.39, 0.29) is 17.6 Å². The van der Waals surface area contributed by atoms with Crippen LogP contribution < -0.4 is 11.1 Å². The van der Waals surface area contributed by atoms with Crippen LogP contribution in [0.15, 0.2) is 0 Å². The molecule has 0 aliphatic heterocycles. The molecular formula is C10H22N2O2. The summed E-state index contributed by atoms with van der Waals surface area (Å²) < 4.78 is 5.49. The van der Waals surface area contributed by atoms with Crippen LogP contribution in [0.3, 0.4) is 0 Å². The van der Waals surface area contributed by atoms with Gasteiger partial charge < -0.3 is 15.8 Å². The van der Waals surface area contributed by atoms with Gasteiger partial charge in [-0.2, -0.15) is 0 Å². The first-order valence-electron chi connectivity index (χ1n) is 4.91. The largest absolute Gasteiger partial charge is 0.374 e. The molecule has 1 amide bonds. The predicted octanol–water partition coefficient (Wildman–Crippen LogP) is 0.653. The molecule has 0 aromatic rings. The molecule has 0 saturated carbocycles. The van der Waals surface area contributed by atoms with E-state index >= 15 is 0 Å². The van der Waals surface area contributed by atoms with Crippen molar-refractivity contribution >= 4 is 5.91 Å². The van der Waals surface area contributed by atoms with Crippen LogP contribution in [0.25, 0.3) is 0 Å². The second kappa shape index (κ2) is 5.32. The number of carbonyl (C=O) groups is 1. The molecule has 4 heteroatoms. The normalized spacial score (nSPS) is 14.4. The molecule has 14 heavy (non-hydrogen) atoms. The van der Waals surface area contributed by atoms with E-state index in [1.807, 2.05) is 34.6 Å². The van der Waals surface area contributed by atoms with E-state index in [9.17, 15) is 4.79 Å². The number of carbonyl (C=O) groups excluding carboxylic acids is 1. The summed E-state index contributed by atoms with van der Waals surface area (Å²) in [5, 5.41) is 3.05. The Morgan fingerprint density at radius 3 is 2.21 bits per heavy atom. The van der Waals surface area contributed by atoms with Crippen LogP contribution in [0.5, 0.6) is 0 Å². The van der Waals surface area contributed by atoms with E-state index in [1.54, 1.807) is 0 Å². The number of hydrogen-bond acceptors (Lipinski definition) is 3. The molecule has 0 spiro atoms. The van der Waals surface area contributed by atoms with Crippen LogP contribution in [0.4, 0.5) is 0 Å². The number of ether oxygens (including phenoxy) is 1. The van der Waals surface area contributed by atoms with Crippen molar-refractivity contribution in [1.29, 1.82) is 0 Å². The predicted molar refractivity (Wildman–Crippen MR) is 57.0 cm³/mol. The van der Waals surface area contributed by atoms with E-state index < -0.39 is 6.04 Å². The zero-order chi connectivity index (χ0) is 11.4. The zero-order valence-corrected chi connectivity index (χ0v) is 9.76. The molecule has 0 bridgehead atoms. The molecule has 4 nitrogen and oxygen atoms in total. The molecule has 0 aliphatic rings. The number of amides is 1. The first kappa shape index (κ1) is 13.4. The second-order valence-electron chi connectivity index (χ2n) is 4.70. The highest BCUT2D eigenvalue weighted by Crippen LogP contribution is 2.07. The van der Waals surface area contributed by atoms with Gasteiger partial charge in [0.2, 0.25) is 5.91 Å². The molecule has 0 aromatic carbocycles. The lowest BCUT2D eigenvalue weighted by Gasteiger charge is -2.24. The average molecular weight is 202 g/mol. The highest BCUT2D eigenvalue weighted by atomic mass is 16.5. The summed E-state index contributed by atoms with van der Waals surface area (Å²) in [7, 11) is 0. The van der Waals surface area contributed by atoms with Gasteiger partial charge in [-0.05, 0) is 20.8 Å². The zero-order valence-electron chi connectivity index (χ0n) is 9.76. The molecular weight excluding hydrogens is 180 g/mol. The Morgan fingerprint density at radius 1 is 1.43 bits per heavy atom. The molecule has 0 aliphatic carbocycles. The maximum absolute atomic E-state index is 11.0. The Hall–Kier alpha value is -0.610. The summed E-state index contributed by atoms with van der Waals surface area (Å²) in [5.74, 6) is -0.372. The quantitative estimate of drug-likeness (QED) is 0.688. The van der Waals surface area contributed by atoms with Crippen molar-refractivity contribution in [2.24, 2.45) is 5.73 Å². The van der Waals surface area contributed by atoms with E-state index in [0.29, 0.717) is 6.61 Å². The molecule has 84 valence electrons. The van der Waals surface area contributed by atoms with Gasteiger partial charge >= 0.3 is 0 Å². The lowest BCUT2D eigenvalue weighted by Crippen LogP contribution is -2.48. The Morgan fingerprint density at radius 2 is 1.93 bits per heavy atom. The number of primary amides is 1. The third-order valence-electron chi connectivity index (χ3n) is 1.56. The topological polar surface area (TPSA) is 64.3 Å². The summed E-state index contributed by atoms with van der Waals surface area (Å²) in [6, 6.07) is -0.190. The SMILES string of the molecule is CC(C)NC(COC(C)(C)C)C(N)=O. The van der Waals surface area contributed by atoms with Gasteiger partial charge in [-0.3, -0.25) is 4.79 Å². The smallest absolute Gasteiger partial charge is 0.236 e. The maximum atomic E-state index is 11.0. The number of hydrogen-bond donors (Lipinski definition) is 2. The minimum absolute atomic E-state index is 0.219. The molecule has 0 radical (unpaired) electrons. The van der Waals surface area contributed by atoms with Gasteiger partial charge in [0.15, 0.2) is 0 Å². The summed E-state index contributed by atoms with van der Waals surface area (Å²) in [5.41, 5.74) is 4.99. The summed E-state index contributed by atoms with van der Waals surface area (Å²) in [6.07, 6.45) is 0. The molecule has 0 saturated heterocycles. The molecule has 0 rings (SSSR count). The number of nitrogens with one attached hydrogen (secondary N) is 1. The van der Waals surface area contributed by atoms with Crippen molar-refractivity contribution in [1.82, 2.24) is 5.32 Å². The summed E-state index contributed by atoms with van der Waals surface area (Å²) >= 11 is 0. The Bertz CT molecular complexity index is 185. The molecule has 0 aromatic heterocycles. The third-order valence-corrected chi connectivity index (χ3v) is 1.56. The average Bonchev–Trinajstić information content (AvgIpc) is 1.94. The fraction of sp³-hybridized carbons (Fsp3) is 0.900. The summed E-state index contributed by atoms with van der Waals surface area (Å²) in [4.78, 5) is 11.0. The van der Waals surface area contributed by atoms with E-state index in [2.05, 4.69) is 5.32 Å². The first-order chi connectivity index (χ1) is 6.22. The van der Waals surface area contributed by atoms with Crippen LogP contribution >= 0.6 is 0 Å². The summed E-state index contributed by atoms with van der Waals surface area (Å²) in [6.45, 7) is 10.1. The maximum Gasteiger partial charge on any atom is 0.236 e. The highest BCUT2D eigenvalue weighted by Gasteiger charge is 2.19. The Balaban J connectivity index is 4.05. The van der Waals surface area contributed by atoms with Gasteiger partial charge in [0.1, 0.15) is 6.04 Å². The number of rotatable bonds is 5. The minimum Gasteiger partial charge on any atom is -0.374 e. The third kappa shape index (κ3) is 6.86. The monoisotopic (exact) mass is 202 g/mol. The first-order valence-corrected chi connectivity index (χ1v) is 4.91. The Labute approximate surface area is 86.2 Å². The van der Waals surface area contributed by atoms with Crippen LogP contribution in [0.2, 0.25) is 0 Å². The fourth-order valence-electron chi connectivity index (χ4n) is 0.948. The van der Waals surface area contributed by atoms with Crippen molar-refractivity contribution in [2.45, 2.75) is 52.3 Å². The standard InChI is InChI=1S/C10H22N2O2/c1-7(2)12-8(9(11)13)6-14-10(3,4)5/h7-8,12H,6H2,1-5H3,(H2,11,13). The van der Waals surface area contributed by atoms with Gasteiger partial charge in [-0.25, -0.2) is 0 Å². The van der Waals surface area contributed by atoms with Crippen molar-refractivity contribution in [3.8, 4) is 0 Å². The number of nitrogens with two attached hydrogens (primary N) is 1. The highest BCUT2D eigenvalue weighted by molar-refractivity contribution is 5.80. The minimum atomic E-state index is -0.408. The van der Waals surface area contributed by atoms with Gasteiger partial charge in [0.05, 0.1) is 12.2 Å². The van der Waals surface area contributed by atoms with Gasteiger partial charge in [-0.1, -0.05) is 13.8 Å². The lowest BCUT2D eigenvalue weighted by atomic mass is 10.2. The molecule has 0 heterocycles. The molecule has 0 fully saturated rings. The van der Waals surface area contributed by atoms with Gasteiger partial charge in [-0.15, -0.1) is 0 Å². The van der Waals surface area contributed by atoms with E-state index in [1.165, 1.54) is 0 Å². The second-order valence-corrected chi connectivity index (χ2v) is 4.70. The van der Waals surface area contributed by atoms with Crippen molar-refractivity contribution < 1.29 is 9.53 Å². The van der Waals surface area contributed by atoms with Gasteiger partial charge in [0.25, 0.3) is 0 Å². The lowest BCUT2D eigenvalue weighted by molar-refractivity contribution is -0.123. The van der Waals surface area contributed by atoms with Crippen molar-refractivity contribution in [3.05, 3.63) is 0 Å². The van der Waals surface area contributed by atoms with Crippen LogP contribution in [0, 0.1) is 0 Å².